The third-order valence-corrected chi connectivity index (χ3v) is 2.61. The van der Waals surface area contributed by atoms with Crippen LogP contribution in [0.2, 0.25) is 0 Å². The van der Waals surface area contributed by atoms with Crippen LogP contribution in [0.1, 0.15) is 18.2 Å². The summed E-state index contributed by atoms with van der Waals surface area (Å²) in [4.78, 5) is 4.15. The summed E-state index contributed by atoms with van der Waals surface area (Å²) in [6, 6.07) is 11.5. The van der Waals surface area contributed by atoms with E-state index in [1.165, 1.54) is 0 Å². The van der Waals surface area contributed by atoms with Crippen molar-refractivity contribution in [2.45, 2.75) is 20.1 Å². The van der Waals surface area contributed by atoms with E-state index in [2.05, 4.69) is 4.98 Å². The van der Waals surface area contributed by atoms with Crippen LogP contribution in [0.15, 0.2) is 42.6 Å². The molecule has 19 heavy (non-hydrogen) atoms. The summed E-state index contributed by atoms with van der Waals surface area (Å²) < 4.78 is 11.2. The van der Waals surface area contributed by atoms with Gasteiger partial charge < -0.3 is 15.2 Å². The number of hydrogen-bond donors (Lipinski definition) is 1. The molecule has 4 nitrogen and oxygen atoms in total. The number of ether oxygens (including phenoxy) is 2. The minimum atomic E-state index is 0.438. The van der Waals surface area contributed by atoms with E-state index in [0.717, 1.165) is 22.8 Å². The van der Waals surface area contributed by atoms with Crippen molar-refractivity contribution in [3.05, 3.63) is 53.9 Å². The molecule has 2 N–H and O–H groups in total. The molecule has 0 spiro atoms. The van der Waals surface area contributed by atoms with Crippen LogP contribution in [0.5, 0.6) is 11.5 Å². The second-order valence-corrected chi connectivity index (χ2v) is 4.06. The third kappa shape index (κ3) is 3.96. The van der Waals surface area contributed by atoms with Gasteiger partial charge in [-0.15, -0.1) is 0 Å². The largest absolute Gasteiger partial charge is 0.494 e. The summed E-state index contributed by atoms with van der Waals surface area (Å²) in [6.07, 6.45) is 1.75. The zero-order valence-corrected chi connectivity index (χ0v) is 11.0. The van der Waals surface area contributed by atoms with Gasteiger partial charge in [-0.1, -0.05) is 6.07 Å². The van der Waals surface area contributed by atoms with Gasteiger partial charge in [0, 0.05) is 18.8 Å². The van der Waals surface area contributed by atoms with Crippen molar-refractivity contribution in [1.29, 1.82) is 0 Å². The van der Waals surface area contributed by atoms with Gasteiger partial charge in [0.05, 0.1) is 12.3 Å². The summed E-state index contributed by atoms with van der Waals surface area (Å²) in [7, 11) is 0. The van der Waals surface area contributed by atoms with Gasteiger partial charge in [-0.2, -0.15) is 0 Å². The lowest BCUT2D eigenvalue weighted by Crippen LogP contribution is -2.02. The highest BCUT2D eigenvalue weighted by molar-refractivity contribution is 5.33. The second-order valence-electron chi connectivity index (χ2n) is 4.06. The number of nitrogens with two attached hydrogens (primary N) is 1. The van der Waals surface area contributed by atoms with Crippen molar-refractivity contribution in [3.8, 4) is 11.5 Å². The highest BCUT2D eigenvalue weighted by Gasteiger charge is 2.00. The molecule has 0 fully saturated rings. The molecule has 0 aliphatic rings. The Bertz CT molecular complexity index is 529. The van der Waals surface area contributed by atoms with Crippen molar-refractivity contribution in [2.24, 2.45) is 5.73 Å². The summed E-state index contributed by atoms with van der Waals surface area (Å²) >= 11 is 0. The molecule has 0 radical (unpaired) electrons. The van der Waals surface area contributed by atoms with Crippen LogP contribution in [0.3, 0.4) is 0 Å². The van der Waals surface area contributed by atoms with Gasteiger partial charge in [0.25, 0.3) is 0 Å². The van der Waals surface area contributed by atoms with E-state index in [0.29, 0.717) is 19.8 Å². The highest BCUT2D eigenvalue weighted by Crippen LogP contribution is 2.20. The van der Waals surface area contributed by atoms with E-state index in [9.17, 15) is 0 Å². The van der Waals surface area contributed by atoms with E-state index >= 15 is 0 Å². The molecule has 100 valence electrons. The number of benzene rings is 1. The SMILES string of the molecule is CCOc1cccc(OCc2ccnc(CN)c2)c1. The maximum absolute atomic E-state index is 5.73. The Morgan fingerprint density at radius 1 is 1.11 bits per heavy atom. The zero-order valence-electron chi connectivity index (χ0n) is 11.0. The smallest absolute Gasteiger partial charge is 0.123 e. The van der Waals surface area contributed by atoms with Crippen molar-refractivity contribution in [3.63, 3.8) is 0 Å². The van der Waals surface area contributed by atoms with Gasteiger partial charge in [-0.05, 0) is 36.8 Å². The van der Waals surface area contributed by atoms with E-state index in [1.54, 1.807) is 6.20 Å². The molecule has 1 heterocycles. The Morgan fingerprint density at radius 2 is 1.89 bits per heavy atom. The fourth-order valence-electron chi connectivity index (χ4n) is 1.72. The Hall–Kier alpha value is -2.07. The zero-order chi connectivity index (χ0) is 13.5. The molecule has 2 rings (SSSR count). The summed E-state index contributed by atoms with van der Waals surface area (Å²) in [5.41, 5.74) is 7.48. The van der Waals surface area contributed by atoms with Crippen LogP contribution in [0, 0.1) is 0 Å². The molecule has 1 aromatic carbocycles. The molecule has 0 amide bonds. The molecule has 0 saturated heterocycles. The lowest BCUT2D eigenvalue weighted by molar-refractivity contribution is 0.299. The summed E-state index contributed by atoms with van der Waals surface area (Å²) in [5, 5.41) is 0. The minimum Gasteiger partial charge on any atom is -0.494 e. The van der Waals surface area contributed by atoms with E-state index in [4.69, 9.17) is 15.2 Å². The molecule has 0 bridgehead atoms. The third-order valence-electron chi connectivity index (χ3n) is 2.61. The molecular weight excluding hydrogens is 240 g/mol. The molecule has 0 atom stereocenters. The van der Waals surface area contributed by atoms with E-state index < -0.39 is 0 Å². The number of pyridine rings is 1. The first kappa shape index (κ1) is 13.4. The van der Waals surface area contributed by atoms with Crippen LogP contribution in [0.25, 0.3) is 0 Å². The Balaban J connectivity index is 1.99. The highest BCUT2D eigenvalue weighted by atomic mass is 16.5. The normalized spacial score (nSPS) is 10.2. The average molecular weight is 258 g/mol. The van der Waals surface area contributed by atoms with Gasteiger partial charge in [0.15, 0.2) is 0 Å². The van der Waals surface area contributed by atoms with Gasteiger partial charge in [0.1, 0.15) is 18.1 Å². The Labute approximate surface area is 113 Å². The first-order valence-corrected chi connectivity index (χ1v) is 6.31. The van der Waals surface area contributed by atoms with Crippen molar-refractivity contribution < 1.29 is 9.47 Å². The second kappa shape index (κ2) is 6.75. The van der Waals surface area contributed by atoms with Crippen LogP contribution >= 0.6 is 0 Å². The number of nitrogens with zero attached hydrogens (tertiary/aromatic N) is 1. The van der Waals surface area contributed by atoms with Gasteiger partial charge in [-0.25, -0.2) is 0 Å². The Kier molecular flexibility index (Phi) is 4.75. The minimum absolute atomic E-state index is 0.438. The van der Waals surface area contributed by atoms with E-state index in [-0.39, 0.29) is 0 Å². The molecular formula is C15H18N2O2. The number of aromatic nitrogens is 1. The first-order chi connectivity index (χ1) is 9.31. The lowest BCUT2D eigenvalue weighted by atomic mass is 10.2. The van der Waals surface area contributed by atoms with Crippen LogP contribution in [-0.4, -0.2) is 11.6 Å². The Morgan fingerprint density at radius 3 is 2.63 bits per heavy atom. The number of hydrogen-bond acceptors (Lipinski definition) is 4. The molecule has 0 aliphatic heterocycles. The molecule has 0 aliphatic carbocycles. The summed E-state index contributed by atoms with van der Waals surface area (Å²) in [5.74, 6) is 1.61. The maximum atomic E-state index is 5.73. The predicted molar refractivity (Wildman–Crippen MR) is 74.1 cm³/mol. The average Bonchev–Trinajstić information content (AvgIpc) is 2.46. The van der Waals surface area contributed by atoms with Crippen LogP contribution < -0.4 is 15.2 Å². The predicted octanol–water partition coefficient (Wildman–Crippen LogP) is 2.52. The monoisotopic (exact) mass is 258 g/mol. The van der Waals surface area contributed by atoms with Crippen molar-refractivity contribution >= 4 is 0 Å². The summed E-state index contributed by atoms with van der Waals surface area (Å²) in [6.45, 7) is 3.53. The van der Waals surface area contributed by atoms with Crippen molar-refractivity contribution in [2.75, 3.05) is 6.61 Å². The van der Waals surface area contributed by atoms with Gasteiger partial charge in [-0.3, -0.25) is 4.98 Å². The van der Waals surface area contributed by atoms with E-state index in [1.807, 2.05) is 43.3 Å². The molecule has 0 saturated carbocycles. The number of rotatable bonds is 6. The van der Waals surface area contributed by atoms with Crippen LogP contribution in [0.4, 0.5) is 0 Å². The maximum Gasteiger partial charge on any atom is 0.123 e. The van der Waals surface area contributed by atoms with Crippen molar-refractivity contribution in [1.82, 2.24) is 4.98 Å². The molecule has 2 aromatic rings. The fraction of sp³-hybridized carbons (Fsp3) is 0.267. The quantitative estimate of drug-likeness (QED) is 0.865. The van der Waals surface area contributed by atoms with Gasteiger partial charge in [0.2, 0.25) is 0 Å². The first-order valence-electron chi connectivity index (χ1n) is 6.31. The lowest BCUT2D eigenvalue weighted by Gasteiger charge is -2.09. The standard InChI is InChI=1S/C15H18N2O2/c1-2-18-14-4-3-5-15(9-14)19-11-12-6-7-17-13(8-12)10-16/h3-9H,2,10-11,16H2,1H3. The van der Waals surface area contributed by atoms with Gasteiger partial charge >= 0.3 is 0 Å². The molecule has 0 unspecified atom stereocenters. The molecule has 1 aromatic heterocycles. The van der Waals surface area contributed by atoms with Crippen LogP contribution in [-0.2, 0) is 13.2 Å². The fourth-order valence-corrected chi connectivity index (χ4v) is 1.72. The topological polar surface area (TPSA) is 57.4 Å². The molecule has 4 heteroatoms.